The Morgan fingerprint density at radius 3 is 2.70 bits per heavy atom. The highest BCUT2D eigenvalue weighted by atomic mass is 79.9. The summed E-state index contributed by atoms with van der Waals surface area (Å²) in [6.45, 7) is 0. The minimum absolute atomic E-state index is 0.464. The van der Waals surface area contributed by atoms with E-state index in [1.54, 1.807) is 20.4 Å². The first kappa shape index (κ1) is 12.9. The third-order valence-electron chi connectivity index (χ3n) is 3.00. The van der Waals surface area contributed by atoms with Crippen LogP contribution in [0.2, 0.25) is 0 Å². The van der Waals surface area contributed by atoms with Crippen LogP contribution < -0.4 is 9.47 Å². The number of pyridine rings is 2. The number of hydrogen-bond donors (Lipinski definition) is 0. The van der Waals surface area contributed by atoms with E-state index in [0.717, 1.165) is 21.4 Å². The van der Waals surface area contributed by atoms with Gasteiger partial charge < -0.3 is 9.47 Å². The lowest BCUT2D eigenvalue weighted by Crippen LogP contribution is -1.95. The van der Waals surface area contributed by atoms with Crippen LogP contribution in [0.3, 0.4) is 0 Å². The topological polar surface area (TPSA) is 48.7 Å². The number of hydrogen-bond acceptors (Lipinski definition) is 4. The van der Waals surface area contributed by atoms with Gasteiger partial charge >= 0.3 is 0 Å². The molecule has 0 aliphatic carbocycles. The predicted octanol–water partition coefficient (Wildman–Crippen LogP) is 3.18. The molecular formula is C14H12BrN3O2. The number of fused-ring (bicyclic) bond motifs is 1. The van der Waals surface area contributed by atoms with Gasteiger partial charge in [0, 0.05) is 22.4 Å². The minimum Gasteiger partial charge on any atom is -0.491 e. The number of halogens is 1. The Balaban J connectivity index is 2.18. The summed E-state index contributed by atoms with van der Waals surface area (Å²) < 4.78 is 13.4. The maximum atomic E-state index is 5.28. The number of ether oxygens (including phenoxy) is 2. The van der Waals surface area contributed by atoms with E-state index in [9.17, 15) is 0 Å². The van der Waals surface area contributed by atoms with Crippen LogP contribution >= 0.6 is 15.9 Å². The summed E-state index contributed by atoms with van der Waals surface area (Å²) in [5, 5.41) is 0. The van der Waals surface area contributed by atoms with Gasteiger partial charge in [-0.3, -0.25) is 4.40 Å². The van der Waals surface area contributed by atoms with Crippen molar-refractivity contribution in [2.75, 3.05) is 14.2 Å². The fourth-order valence-corrected chi connectivity index (χ4v) is 2.38. The van der Waals surface area contributed by atoms with Crippen molar-refractivity contribution in [1.82, 2.24) is 14.4 Å². The second-order valence-electron chi connectivity index (χ2n) is 4.15. The normalized spacial score (nSPS) is 10.8. The van der Waals surface area contributed by atoms with E-state index in [1.807, 2.05) is 35.0 Å². The fraction of sp³-hybridized carbons (Fsp3) is 0.143. The summed E-state index contributed by atoms with van der Waals surface area (Å²) in [5.41, 5.74) is 2.72. The lowest BCUT2D eigenvalue weighted by atomic mass is 10.2. The highest BCUT2D eigenvalue weighted by Crippen LogP contribution is 2.30. The van der Waals surface area contributed by atoms with Gasteiger partial charge in [-0.1, -0.05) is 0 Å². The molecule has 102 valence electrons. The maximum Gasteiger partial charge on any atom is 0.256 e. The Labute approximate surface area is 124 Å². The van der Waals surface area contributed by atoms with Crippen molar-refractivity contribution in [2.24, 2.45) is 0 Å². The van der Waals surface area contributed by atoms with Crippen LogP contribution in [0, 0.1) is 0 Å². The van der Waals surface area contributed by atoms with Crippen LogP contribution in [0.25, 0.3) is 16.9 Å². The molecule has 0 saturated carbocycles. The Morgan fingerprint density at radius 2 is 1.95 bits per heavy atom. The fourth-order valence-electron chi connectivity index (χ4n) is 2.04. The number of nitrogens with zero attached hydrogens (tertiary/aromatic N) is 3. The van der Waals surface area contributed by atoms with Crippen LogP contribution in [0.5, 0.6) is 11.6 Å². The van der Waals surface area contributed by atoms with Crippen molar-refractivity contribution in [2.45, 2.75) is 0 Å². The summed E-state index contributed by atoms with van der Waals surface area (Å²) in [5.74, 6) is 1.06. The second-order valence-corrected chi connectivity index (χ2v) is 5.07. The Morgan fingerprint density at radius 1 is 1.10 bits per heavy atom. The number of rotatable bonds is 3. The van der Waals surface area contributed by atoms with E-state index in [2.05, 4.69) is 25.9 Å². The van der Waals surface area contributed by atoms with E-state index < -0.39 is 0 Å². The van der Waals surface area contributed by atoms with Gasteiger partial charge in [0.2, 0.25) is 0 Å². The molecule has 0 fully saturated rings. The van der Waals surface area contributed by atoms with Crippen molar-refractivity contribution in [3.8, 4) is 22.9 Å². The molecule has 0 aliphatic heterocycles. The molecule has 0 atom stereocenters. The van der Waals surface area contributed by atoms with Gasteiger partial charge in [-0.05, 0) is 34.1 Å². The summed E-state index contributed by atoms with van der Waals surface area (Å²) in [7, 11) is 3.16. The Kier molecular flexibility index (Phi) is 3.31. The molecule has 0 unspecified atom stereocenters. The first-order valence-electron chi connectivity index (χ1n) is 5.94. The smallest absolute Gasteiger partial charge is 0.256 e. The van der Waals surface area contributed by atoms with Crippen LogP contribution in [-0.4, -0.2) is 28.6 Å². The SMILES string of the molecule is COc1cc(-c2cnc3ccc(Br)cn23)cnc1OC. The van der Waals surface area contributed by atoms with Crippen molar-refractivity contribution < 1.29 is 9.47 Å². The molecule has 0 amide bonds. The minimum atomic E-state index is 0.464. The van der Waals surface area contributed by atoms with E-state index >= 15 is 0 Å². The molecule has 3 aromatic rings. The zero-order chi connectivity index (χ0) is 14.1. The van der Waals surface area contributed by atoms with E-state index in [-0.39, 0.29) is 0 Å². The maximum absolute atomic E-state index is 5.28. The third-order valence-corrected chi connectivity index (χ3v) is 3.47. The molecule has 3 rings (SSSR count). The lowest BCUT2D eigenvalue weighted by Gasteiger charge is -2.08. The summed E-state index contributed by atoms with van der Waals surface area (Å²) >= 11 is 3.47. The average Bonchev–Trinajstić information content (AvgIpc) is 2.89. The Hall–Kier alpha value is -2.08. The third kappa shape index (κ3) is 2.12. The Bertz CT molecular complexity index is 770. The molecule has 0 spiro atoms. The quantitative estimate of drug-likeness (QED) is 0.738. The van der Waals surface area contributed by atoms with Gasteiger partial charge in [-0.25, -0.2) is 9.97 Å². The molecule has 0 bridgehead atoms. The predicted molar refractivity (Wildman–Crippen MR) is 79.2 cm³/mol. The summed E-state index contributed by atoms with van der Waals surface area (Å²) in [6.07, 6.45) is 5.52. The van der Waals surface area contributed by atoms with Crippen LogP contribution in [0.1, 0.15) is 0 Å². The number of methoxy groups -OCH3 is 2. The zero-order valence-corrected chi connectivity index (χ0v) is 12.6. The van der Waals surface area contributed by atoms with Crippen LogP contribution in [-0.2, 0) is 0 Å². The van der Waals surface area contributed by atoms with E-state index in [0.29, 0.717) is 11.6 Å². The van der Waals surface area contributed by atoms with Crippen LogP contribution in [0.15, 0.2) is 41.3 Å². The summed E-state index contributed by atoms with van der Waals surface area (Å²) in [4.78, 5) is 8.63. The van der Waals surface area contributed by atoms with Crippen molar-refractivity contribution in [3.63, 3.8) is 0 Å². The van der Waals surface area contributed by atoms with Crippen molar-refractivity contribution in [3.05, 3.63) is 41.3 Å². The number of imidazole rings is 1. The molecule has 5 nitrogen and oxygen atoms in total. The molecule has 20 heavy (non-hydrogen) atoms. The van der Waals surface area contributed by atoms with Crippen LogP contribution in [0.4, 0.5) is 0 Å². The monoisotopic (exact) mass is 333 g/mol. The first-order valence-corrected chi connectivity index (χ1v) is 6.73. The highest BCUT2D eigenvalue weighted by Gasteiger charge is 2.11. The van der Waals surface area contributed by atoms with Gasteiger partial charge in [0.25, 0.3) is 5.88 Å². The lowest BCUT2D eigenvalue weighted by molar-refractivity contribution is 0.343. The zero-order valence-electron chi connectivity index (χ0n) is 11.0. The average molecular weight is 334 g/mol. The molecule has 6 heteroatoms. The molecule has 0 aliphatic rings. The van der Waals surface area contributed by atoms with Crippen molar-refractivity contribution >= 4 is 21.6 Å². The molecule has 0 N–H and O–H groups in total. The molecule has 3 heterocycles. The van der Waals surface area contributed by atoms with Crippen molar-refractivity contribution in [1.29, 1.82) is 0 Å². The van der Waals surface area contributed by atoms with Gasteiger partial charge in [0.15, 0.2) is 5.75 Å². The molecular weight excluding hydrogens is 322 g/mol. The summed E-state index contributed by atoms with van der Waals surface area (Å²) in [6, 6.07) is 5.79. The standard InChI is InChI=1S/C14H12BrN3O2/c1-19-12-5-9(6-17-14(12)20-2)11-7-16-13-4-3-10(15)8-18(11)13/h3-8H,1-2H3. The second kappa shape index (κ2) is 5.13. The van der Waals surface area contributed by atoms with Gasteiger partial charge in [0.05, 0.1) is 26.1 Å². The molecule has 0 saturated heterocycles. The van der Waals surface area contributed by atoms with E-state index in [1.165, 1.54) is 0 Å². The van der Waals surface area contributed by atoms with E-state index in [4.69, 9.17) is 9.47 Å². The van der Waals surface area contributed by atoms with Gasteiger partial charge in [-0.15, -0.1) is 0 Å². The molecule has 0 radical (unpaired) electrons. The van der Waals surface area contributed by atoms with Gasteiger partial charge in [-0.2, -0.15) is 0 Å². The van der Waals surface area contributed by atoms with Gasteiger partial charge in [0.1, 0.15) is 5.65 Å². The molecule has 0 aromatic carbocycles. The highest BCUT2D eigenvalue weighted by molar-refractivity contribution is 9.10. The first-order chi connectivity index (χ1) is 9.72. The molecule has 3 aromatic heterocycles. The number of aromatic nitrogens is 3. The largest absolute Gasteiger partial charge is 0.491 e.